The second kappa shape index (κ2) is 7.89. The van der Waals surface area contributed by atoms with Gasteiger partial charge in [-0.1, -0.05) is 13.8 Å². The summed E-state index contributed by atoms with van der Waals surface area (Å²) in [4.78, 5) is 23.5. The van der Waals surface area contributed by atoms with Crippen molar-refractivity contribution in [3.63, 3.8) is 0 Å². The third-order valence-electron chi connectivity index (χ3n) is 3.66. The number of carbonyl (C=O) groups is 2. The average Bonchev–Trinajstić information content (AvgIpc) is 2.43. The lowest BCUT2D eigenvalue weighted by Gasteiger charge is -2.31. The number of nitrogens with two attached hydrogens (primary N) is 1. The number of carbonyl (C=O) groups excluding carboxylic acids is 2. The number of sulfonamides is 1. The second-order valence-corrected chi connectivity index (χ2v) is 8.00. The van der Waals surface area contributed by atoms with Crippen LogP contribution in [0, 0.1) is 5.92 Å². The maximum atomic E-state index is 11.8. The number of nitrogens with zero attached hydrogens (tertiary/aromatic N) is 1. The number of hydrogen-bond acceptors (Lipinski definition) is 5. The number of rotatable bonds is 6. The molecule has 2 atom stereocenters. The van der Waals surface area contributed by atoms with Gasteiger partial charge in [-0.05, 0) is 18.8 Å². The third-order valence-corrected chi connectivity index (χ3v) is 4.93. The van der Waals surface area contributed by atoms with Crippen molar-refractivity contribution in [3.8, 4) is 0 Å². The van der Waals surface area contributed by atoms with Gasteiger partial charge in [-0.3, -0.25) is 9.59 Å². The van der Waals surface area contributed by atoms with E-state index >= 15 is 0 Å². The van der Waals surface area contributed by atoms with Gasteiger partial charge in [-0.25, -0.2) is 12.7 Å². The molecule has 1 aliphatic rings. The van der Waals surface area contributed by atoms with Gasteiger partial charge in [0, 0.05) is 19.1 Å². The summed E-state index contributed by atoms with van der Waals surface area (Å²) in [5.41, 5.74) is 5.68. The lowest BCUT2D eigenvalue weighted by Crippen LogP contribution is -2.52. The molecule has 1 unspecified atom stereocenters. The highest BCUT2D eigenvalue weighted by molar-refractivity contribution is 7.88. The zero-order valence-electron chi connectivity index (χ0n) is 13.3. The van der Waals surface area contributed by atoms with Crippen LogP contribution in [0.2, 0.25) is 0 Å². The van der Waals surface area contributed by atoms with Crippen LogP contribution >= 0.6 is 0 Å². The second-order valence-electron chi connectivity index (χ2n) is 6.02. The summed E-state index contributed by atoms with van der Waals surface area (Å²) in [6.07, 6.45) is 2.57. The highest BCUT2D eigenvalue weighted by atomic mass is 32.2. The molecule has 0 aromatic heterocycles. The molecule has 22 heavy (non-hydrogen) atoms. The van der Waals surface area contributed by atoms with Gasteiger partial charge in [0.15, 0.2) is 0 Å². The van der Waals surface area contributed by atoms with Crippen LogP contribution in [0.15, 0.2) is 0 Å². The summed E-state index contributed by atoms with van der Waals surface area (Å²) in [6.45, 7) is 4.24. The van der Waals surface area contributed by atoms with Crippen LogP contribution in [0.1, 0.15) is 26.7 Å². The predicted molar refractivity (Wildman–Crippen MR) is 83.4 cm³/mol. The molecule has 4 N–H and O–H groups in total. The Kier molecular flexibility index (Phi) is 6.76. The van der Waals surface area contributed by atoms with E-state index in [-0.39, 0.29) is 36.9 Å². The number of piperidine rings is 1. The zero-order valence-corrected chi connectivity index (χ0v) is 14.1. The highest BCUT2D eigenvalue weighted by Gasteiger charge is 2.27. The molecular formula is C13H26N4O4S. The van der Waals surface area contributed by atoms with Crippen LogP contribution in [0.5, 0.6) is 0 Å². The van der Waals surface area contributed by atoms with Gasteiger partial charge in [0.2, 0.25) is 21.8 Å². The number of amides is 2. The molecule has 8 nitrogen and oxygen atoms in total. The number of hydrogen-bond donors (Lipinski definition) is 3. The molecule has 9 heteroatoms. The van der Waals surface area contributed by atoms with Crippen LogP contribution in [-0.2, 0) is 19.6 Å². The summed E-state index contributed by atoms with van der Waals surface area (Å²) >= 11 is 0. The lowest BCUT2D eigenvalue weighted by atomic mass is 10.1. The molecule has 1 rings (SSSR count). The van der Waals surface area contributed by atoms with Gasteiger partial charge in [0.25, 0.3) is 0 Å². The number of nitrogens with one attached hydrogen (secondary N) is 2. The monoisotopic (exact) mass is 334 g/mol. The fourth-order valence-electron chi connectivity index (χ4n) is 2.23. The molecule has 0 bridgehead atoms. The molecule has 1 heterocycles. The summed E-state index contributed by atoms with van der Waals surface area (Å²) in [5, 5.41) is 5.23. The minimum Gasteiger partial charge on any atom is -0.351 e. The molecule has 0 aliphatic carbocycles. The van der Waals surface area contributed by atoms with Crippen molar-refractivity contribution in [1.29, 1.82) is 0 Å². The Labute approximate surface area is 131 Å². The first kappa shape index (κ1) is 18.9. The molecule has 0 saturated carbocycles. The Morgan fingerprint density at radius 1 is 1.36 bits per heavy atom. The van der Waals surface area contributed by atoms with Crippen LogP contribution < -0.4 is 16.4 Å². The zero-order chi connectivity index (χ0) is 16.9. The van der Waals surface area contributed by atoms with Crippen molar-refractivity contribution in [2.45, 2.75) is 38.8 Å². The summed E-state index contributed by atoms with van der Waals surface area (Å²) in [7, 11) is -3.25. The summed E-state index contributed by atoms with van der Waals surface area (Å²) in [5.74, 6) is -0.721. The molecule has 1 fully saturated rings. The maximum Gasteiger partial charge on any atom is 0.239 e. The van der Waals surface area contributed by atoms with Gasteiger partial charge in [0.05, 0.1) is 18.8 Å². The summed E-state index contributed by atoms with van der Waals surface area (Å²) in [6, 6.07) is -0.880. The molecule has 1 aliphatic heterocycles. The third kappa shape index (κ3) is 5.90. The highest BCUT2D eigenvalue weighted by Crippen LogP contribution is 2.12. The van der Waals surface area contributed by atoms with E-state index in [2.05, 4.69) is 10.6 Å². The standard InChI is InChI=1S/C13H26N4O4S/c1-9(2)12(14)13(19)15-7-11(18)16-10-5-4-6-17(8-10)22(3,20)21/h9-10,12H,4-8,14H2,1-3H3,(H,15,19)(H,16,18)/t10?,12-/m0/s1. The van der Waals surface area contributed by atoms with E-state index in [1.807, 2.05) is 13.8 Å². The van der Waals surface area contributed by atoms with Crippen molar-refractivity contribution in [2.75, 3.05) is 25.9 Å². The maximum absolute atomic E-state index is 11.8. The molecule has 0 radical (unpaired) electrons. The van der Waals surface area contributed by atoms with Gasteiger partial charge in [-0.15, -0.1) is 0 Å². The first-order chi connectivity index (χ1) is 10.1. The largest absolute Gasteiger partial charge is 0.351 e. The van der Waals surface area contributed by atoms with Crippen LogP contribution in [0.25, 0.3) is 0 Å². The Bertz CT molecular complexity index is 506. The normalized spacial score (nSPS) is 21.4. The fraction of sp³-hybridized carbons (Fsp3) is 0.846. The van der Waals surface area contributed by atoms with E-state index in [9.17, 15) is 18.0 Å². The van der Waals surface area contributed by atoms with Crippen LogP contribution in [0.4, 0.5) is 0 Å². The minimum absolute atomic E-state index is 0.00951. The van der Waals surface area contributed by atoms with Gasteiger partial charge < -0.3 is 16.4 Å². The smallest absolute Gasteiger partial charge is 0.239 e. The van der Waals surface area contributed by atoms with E-state index in [4.69, 9.17) is 5.73 Å². The first-order valence-corrected chi connectivity index (χ1v) is 9.24. The minimum atomic E-state index is -3.25. The fourth-order valence-corrected chi connectivity index (χ4v) is 3.14. The molecular weight excluding hydrogens is 308 g/mol. The predicted octanol–water partition coefficient (Wildman–Crippen LogP) is -1.37. The topological polar surface area (TPSA) is 122 Å². The van der Waals surface area contributed by atoms with E-state index in [1.165, 1.54) is 4.31 Å². The Morgan fingerprint density at radius 2 is 2.00 bits per heavy atom. The lowest BCUT2D eigenvalue weighted by molar-refractivity contribution is -0.127. The van der Waals surface area contributed by atoms with E-state index < -0.39 is 16.1 Å². The van der Waals surface area contributed by atoms with Crippen molar-refractivity contribution in [2.24, 2.45) is 11.7 Å². The van der Waals surface area contributed by atoms with Gasteiger partial charge >= 0.3 is 0 Å². The van der Waals surface area contributed by atoms with Crippen molar-refractivity contribution in [3.05, 3.63) is 0 Å². The molecule has 0 aromatic rings. The SMILES string of the molecule is CC(C)[C@H](N)C(=O)NCC(=O)NC1CCCN(S(C)(=O)=O)C1. The van der Waals surface area contributed by atoms with Crippen LogP contribution in [0.3, 0.4) is 0 Å². The van der Waals surface area contributed by atoms with Crippen LogP contribution in [-0.4, -0.2) is 62.5 Å². The van der Waals surface area contributed by atoms with E-state index in [0.717, 1.165) is 12.7 Å². The first-order valence-electron chi connectivity index (χ1n) is 7.39. The quantitative estimate of drug-likeness (QED) is 0.553. The summed E-state index contributed by atoms with van der Waals surface area (Å²) < 4.78 is 24.4. The molecule has 1 saturated heterocycles. The molecule has 2 amide bonds. The van der Waals surface area contributed by atoms with E-state index in [1.54, 1.807) is 0 Å². The average molecular weight is 334 g/mol. The van der Waals surface area contributed by atoms with Crippen molar-refractivity contribution < 1.29 is 18.0 Å². The Hall–Kier alpha value is -1.19. The Morgan fingerprint density at radius 3 is 2.55 bits per heavy atom. The molecule has 0 aromatic carbocycles. The molecule has 128 valence electrons. The van der Waals surface area contributed by atoms with Crippen molar-refractivity contribution >= 4 is 21.8 Å². The van der Waals surface area contributed by atoms with Gasteiger partial charge in [0.1, 0.15) is 0 Å². The Balaban J connectivity index is 2.40. The van der Waals surface area contributed by atoms with E-state index in [0.29, 0.717) is 13.0 Å². The molecule has 0 spiro atoms. The van der Waals surface area contributed by atoms with Gasteiger partial charge in [-0.2, -0.15) is 0 Å². The van der Waals surface area contributed by atoms with Crippen molar-refractivity contribution in [1.82, 2.24) is 14.9 Å².